The summed E-state index contributed by atoms with van der Waals surface area (Å²) in [6.07, 6.45) is 0.266. The highest BCUT2D eigenvalue weighted by molar-refractivity contribution is 5.97. The van der Waals surface area contributed by atoms with Gasteiger partial charge in [0.2, 0.25) is 11.8 Å². The zero-order chi connectivity index (χ0) is 12.3. The molecule has 1 fully saturated rings. The maximum absolute atomic E-state index is 11.8. The SMILES string of the molecule is NCc1cccc(NC(=O)C2CNC(=O)C2)c1. The smallest absolute Gasteiger partial charge is 0.229 e. The van der Waals surface area contributed by atoms with Gasteiger partial charge in [0.15, 0.2) is 0 Å². The maximum atomic E-state index is 11.8. The lowest BCUT2D eigenvalue weighted by atomic mass is 10.1. The molecule has 0 radical (unpaired) electrons. The van der Waals surface area contributed by atoms with Gasteiger partial charge in [0.1, 0.15) is 0 Å². The molecular formula is C12H15N3O2. The van der Waals surface area contributed by atoms with Crippen molar-refractivity contribution in [2.75, 3.05) is 11.9 Å². The molecule has 0 aromatic heterocycles. The number of carbonyl (C=O) groups is 2. The molecule has 0 aliphatic carbocycles. The molecule has 1 aliphatic rings. The minimum Gasteiger partial charge on any atom is -0.355 e. The van der Waals surface area contributed by atoms with E-state index in [4.69, 9.17) is 5.73 Å². The summed E-state index contributed by atoms with van der Waals surface area (Å²) in [6, 6.07) is 7.38. The van der Waals surface area contributed by atoms with Crippen molar-refractivity contribution in [2.24, 2.45) is 11.7 Å². The van der Waals surface area contributed by atoms with Gasteiger partial charge in [0.05, 0.1) is 5.92 Å². The van der Waals surface area contributed by atoms with Gasteiger partial charge in [-0.15, -0.1) is 0 Å². The number of benzene rings is 1. The highest BCUT2D eigenvalue weighted by atomic mass is 16.2. The molecule has 0 bridgehead atoms. The van der Waals surface area contributed by atoms with Gasteiger partial charge in [-0.1, -0.05) is 12.1 Å². The fourth-order valence-corrected chi connectivity index (χ4v) is 1.81. The van der Waals surface area contributed by atoms with Crippen molar-refractivity contribution < 1.29 is 9.59 Å². The second kappa shape index (κ2) is 4.97. The van der Waals surface area contributed by atoms with E-state index in [1.54, 1.807) is 6.07 Å². The van der Waals surface area contributed by atoms with E-state index in [9.17, 15) is 9.59 Å². The molecule has 5 heteroatoms. The average molecular weight is 233 g/mol. The largest absolute Gasteiger partial charge is 0.355 e. The van der Waals surface area contributed by atoms with Gasteiger partial charge >= 0.3 is 0 Å². The van der Waals surface area contributed by atoms with Crippen molar-refractivity contribution in [1.82, 2.24) is 5.32 Å². The molecule has 1 saturated heterocycles. The van der Waals surface area contributed by atoms with Gasteiger partial charge in [0, 0.05) is 25.2 Å². The summed E-state index contributed by atoms with van der Waals surface area (Å²) in [7, 11) is 0. The van der Waals surface area contributed by atoms with Crippen molar-refractivity contribution in [2.45, 2.75) is 13.0 Å². The van der Waals surface area contributed by atoms with E-state index in [2.05, 4.69) is 10.6 Å². The Morgan fingerprint density at radius 1 is 1.53 bits per heavy atom. The minimum atomic E-state index is -0.274. The Morgan fingerprint density at radius 2 is 2.35 bits per heavy atom. The molecule has 0 spiro atoms. The first-order valence-corrected chi connectivity index (χ1v) is 5.55. The topological polar surface area (TPSA) is 84.2 Å². The van der Waals surface area contributed by atoms with E-state index in [1.165, 1.54) is 0 Å². The molecule has 1 aromatic carbocycles. The normalized spacial score (nSPS) is 18.9. The predicted molar refractivity (Wildman–Crippen MR) is 64.1 cm³/mol. The number of nitrogens with two attached hydrogens (primary N) is 1. The molecule has 2 rings (SSSR count). The van der Waals surface area contributed by atoms with Crippen LogP contribution in [0.1, 0.15) is 12.0 Å². The second-order valence-electron chi connectivity index (χ2n) is 4.10. The predicted octanol–water partition coefficient (Wildman–Crippen LogP) is 0.220. The van der Waals surface area contributed by atoms with Crippen LogP contribution in [-0.2, 0) is 16.1 Å². The van der Waals surface area contributed by atoms with Gasteiger partial charge in [-0.25, -0.2) is 0 Å². The molecular weight excluding hydrogens is 218 g/mol. The summed E-state index contributed by atoms with van der Waals surface area (Å²) >= 11 is 0. The molecule has 1 aliphatic heterocycles. The van der Waals surface area contributed by atoms with Crippen LogP contribution in [0, 0.1) is 5.92 Å². The maximum Gasteiger partial charge on any atom is 0.229 e. The molecule has 1 aromatic rings. The lowest BCUT2D eigenvalue weighted by molar-refractivity contribution is -0.123. The average Bonchev–Trinajstić information content (AvgIpc) is 2.76. The van der Waals surface area contributed by atoms with Crippen LogP contribution in [0.25, 0.3) is 0 Å². The van der Waals surface area contributed by atoms with Gasteiger partial charge in [-0.3, -0.25) is 9.59 Å². The summed E-state index contributed by atoms with van der Waals surface area (Å²) in [6.45, 7) is 0.856. The quantitative estimate of drug-likeness (QED) is 0.698. The third kappa shape index (κ3) is 2.82. The molecule has 2 amide bonds. The van der Waals surface area contributed by atoms with Crippen LogP contribution in [0.4, 0.5) is 5.69 Å². The highest BCUT2D eigenvalue weighted by Gasteiger charge is 2.27. The first kappa shape index (κ1) is 11.6. The van der Waals surface area contributed by atoms with Crippen LogP contribution < -0.4 is 16.4 Å². The number of hydrogen-bond acceptors (Lipinski definition) is 3. The number of hydrogen-bond donors (Lipinski definition) is 3. The fraction of sp³-hybridized carbons (Fsp3) is 0.333. The van der Waals surface area contributed by atoms with Crippen LogP contribution in [0.3, 0.4) is 0 Å². The number of rotatable bonds is 3. The Morgan fingerprint density at radius 3 is 3.00 bits per heavy atom. The van der Waals surface area contributed by atoms with Gasteiger partial charge in [-0.05, 0) is 17.7 Å². The molecule has 1 unspecified atom stereocenters. The van der Waals surface area contributed by atoms with E-state index in [0.29, 0.717) is 13.1 Å². The minimum absolute atomic E-state index is 0.0686. The van der Waals surface area contributed by atoms with E-state index in [-0.39, 0.29) is 24.2 Å². The Kier molecular flexibility index (Phi) is 3.39. The zero-order valence-corrected chi connectivity index (χ0v) is 9.40. The zero-order valence-electron chi connectivity index (χ0n) is 9.40. The summed E-state index contributed by atoms with van der Waals surface area (Å²) in [4.78, 5) is 22.8. The van der Waals surface area contributed by atoms with Crippen molar-refractivity contribution in [3.63, 3.8) is 0 Å². The number of anilines is 1. The van der Waals surface area contributed by atoms with E-state index < -0.39 is 0 Å². The van der Waals surface area contributed by atoms with Crippen LogP contribution >= 0.6 is 0 Å². The van der Waals surface area contributed by atoms with Crippen molar-refractivity contribution in [3.8, 4) is 0 Å². The fourth-order valence-electron chi connectivity index (χ4n) is 1.81. The first-order valence-electron chi connectivity index (χ1n) is 5.55. The molecule has 1 atom stereocenters. The van der Waals surface area contributed by atoms with E-state index >= 15 is 0 Å². The van der Waals surface area contributed by atoms with Gasteiger partial charge < -0.3 is 16.4 Å². The van der Waals surface area contributed by atoms with Crippen molar-refractivity contribution in [3.05, 3.63) is 29.8 Å². The molecule has 0 saturated carbocycles. The molecule has 90 valence electrons. The van der Waals surface area contributed by atoms with Crippen LogP contribution in [0.5, 0.6) is 0 Å². The lowest BCUT2D eigenvalue weighted by Gasteiger charge is -2.09. The van der Waals surface area contributed by atoms with Crippen LogP contribution in [0.15, 0.2) is 24.3 Å². The molecule has 17 heavy (non-hydrogen) atoms. The van der Waals surface area contributed by atoms with Crippen LogP contribution in [0.2, 0.25) is 0 Å². The third-order valence-corrected chi connectivity index (χ3v) is 2.78. The Labute approximate surface area is 99.4 Å². The molecule has 5 nitrogen and oxygen atoms in total. The molecule has 1 heterocycles. The van der Waals surface area contributed by atoms with E-state index in [0.717, 1.165) is 11.3 Å². The highest BCUT2D eigenvalue weighted by Crippen LogP contribution is 2.15. The number of amides is 2. The van der Waals surface area contributed by atoms with Gasteiger partial charge in [-0.2, -0.15) is 0 Å². The summed E-state index contributed by atoms with van der Waals surface area (Å²) in [5, 5.41) is 5.43. The standard InChI is InChI=1S/C12H15N3O2/c13-6-8-2-1-3-10(4-8)15-12(17)9-5-11(16)14-7-9/h1-4,9H,5-7,13H2,(H,14,16)(H,15,17). The number of nitrogens with one attached hydrogen (secondary N) is 2. The summed E-state index contributed by atoms with van der Waals surface area (Å²) in [5.74, 6) is -0.470. The first-order chi connectivity index (χ1) is 8.19. The van der Waals surface area contributed by atoms with Crippen molar-refractivity contribution in [1.29, 1.82) is 0 Å². The third-order valence-electron chi connectivity index (χ3n) is 2.78. The monoisotopic (exact) mass is 233 g/mol. The van der Waals surface area contributed by atoms with Gasteiger partial charge in [0.25, 0.3) is 0 Å². The van der Waals surface area contributed by atoms with E-state index in [1.807, 2.05) is 18.2 Å². The van der Waals surface area contributed by atoms with Crippen LogP contribution in [-0.4, -0.2) is 18.4 Å². The summed E-state index contributed by atoms with van der Waals surface area (Å²) < 4.78 is 0. The Bertz CT molecular complexity index is 445. The molecule has 4 N–H and O–H groups in total. The Balaban J connectivity index is 2.00. The van der Waals surface area contributed by atoms with Crippen molar-refractivity contribution >= 4 is 17.5 Å². The lowest BCUT2D eigenvalue weighted by Crippen LogP contribution is -2.24. The number of carbonyl (C=O) groups excluding carboxylic acids is 2. The second-order valence-corrected chi connectivity index (χ2v) is 4.10. The summed E-state index contributed by atoms with van der Waals surface area (Å²) in [5.41, 5.74) is 7.20. The Hall–Kier alpha value is -1.88.